The lowest BCUT2D eigenvalue weighted by Crippen LogP contribution is -2.14. The molecule has 0 aliphatic heterocycles. The van der Waals surface area contributed by atoms with Gasteiger partial charge in [0.15, 0.2) is 0 Å². The second-order valence-electron chi connectivity index (χ2n) is 3.63. The Morgan fingerprint density at radius 3 is 1.65 bits per heavy atom. The van der Waals surface area contributed by atoms with Gasteiger partial charge in [0.25, 0.3) is 0 Å². The van der Waals surface area contributed by atoms with Gasteiger partial charge in [-0.3, -0.25) is 0 Å². The quantitative estimate of drug-likeness (QED) is 0.578. The molecule has 6 heteroatoms. The minimum atomic E-state index is -0.687. The molecule has 0 saturated carbocycles. The molecule has 6 nitrogen and oxygen atoms in total. The zero-order valence-corrected chi connectivity index (χ0v) is 10.7. The number of carbonyl (C=O) groups is 2. The van der Waals surface area contributed by atoms with E-state index in [4.69, 9.17) is 20.0 Å². The van der Waals surface area contributed by atoms with Crippen LogP contribution in [0.15, 0.2) is 24.3 Å². The lowest BCUT2D eigenvalue weighted by atomic mass is 10.1. The minimum absolute atomic E-state index is 0.0346. The predicted molar refractivity (Wildman–Crippen MR) is 67.5 cm³/mol. The standard InChI is InChI=1S/C14H12N2O4/c15-7-3-9-19-13(17)11-5-1-2-6-12(11)14(18)20-10-4-8-16/h1-2,5-6H,3-4,9-10H2. The molecule has 102 valence electrons. The molecule has 0 bridgehead atoms. The first-order valence-corrected chi connectivity index (χ1v) is 5.88. The molecular weight excluding hydrogens is 260 g/mol. The van der Waals surface area contributed by atoms with Crippen molar-refractivity contribution in [2.45, 2.75) is 12.8 Å². The molecule has 0 unspecified atom stereocenters. The second kappa shape index (κ2) is 8.28. The van der Waals surface area contributed by atoms with Gasteiger partial charge < -0.3 is 9.47 Å². The summed E-state index contributed by atoms with van der Waals surface area (Å²) in [5.41, 5.74) is 0.153. The van der Waals surface area contributed by atoms with Crippen molar-refractivity contribution in [3.05, 3.63) is 35.4 Å². The second-order valence-corrected chi connectivity index (χ2v) is 3.63. The third kappa shape index (κ3) is 4.43. The number of carbonyl (C=O) groups excluding carboxylic acids is 2. The van der Waals surface area contributed by atoms with Crippen LogP contribution in [-0.4, -0.2) is 25.2 Å². The van der Waals surface area contributed by atoms with E-state index in [1.165, 1.54) is 12.1 Å². The monoisotopic (exact) mass is 272 g/mol. The van der Waals surface area contributed by atoms with Crippen LogP contribution >= 0.6 is 0 Å². The Labute approximate surface area is 116 Å². The lowest BCUT2D eigenvalue weighted by molar-refractivity contribution is 0.0466. The van der Waals surface area contributed by atoms with E-state index >= 15 is 0 Å². The van der Waals surface area contributed by atoms with E-state index < -0.39 is 11.9 Å². The van der Waals surface area contributed by atoms with E-state index in [1.54, 1.807) is 12.1 Å². The molecule has 0 aromatic heterocycles. The Morgan fingerprint density at radius 1 is 0.900 bits per heavy atom. The average molecular weight is 272 g/mol. The average Bonchev–Trinajstić information content (AvgIpc) is 2.47. The molecule has 0 N–H and O–H groups in total. The van der Waals surface area contributed by atoms with E-state index in [9.17, 15) is 9.59 Å². The van der Waals surface area contributed by atoms with Crippen LogP contribution < -0.4 is 0 Å². The molecular formula is C14H12N2O4. The zero-order valence-electron chi connectivity index (χ0n) is 10.7. The van der Waals surface area contributed by atoms with Gasteiger partial charge in [-0.15, -0.1) is 0 Å². The summed E-state index contributed by atoms with van der Waals surface area (Å²) in [5, 5.41) is 16.7. The molecule has 0 amide bonds. The van der Waals surface area contributed by atoms with Crippen molar-refractivity contribution < 1.29 is 19.1 Å². The number of hydrogen-bond donors (Lipinski definition) is 0. The van der Waals surface area contributed by atoms with Crippen LogP contribution in [-0.2, 0) is 9.47 Å². The van der Waals surface area contributed by atoms with Gasteiger partial charge in [-0.1, -0.05) is 12.1 Å². The molecule has 0 radical (unpaired) electrons. The summed E-state index contributed by atoms with van der Waals surface area (Å²) in [7, 11) is 0. The largest absolute Gasteiger partial charge is 0.461 e. The molecule has 0 atom stereocenters. The maximum atomic E-state index is 11.8. The first kappa shape index (κ1) is 15.2. The Bertz CT molecular complexity index is 518. The smallest absolute Gasteiger partial charge is 0.339 e. The van der Waals surface area contributed by atoms with E-state index in [0.717, 1.165) is 0 Å². The van der Waals surface area contributed by atoms with Gasteiger partial charge in [0.1, 0.15) is 13.2 Å². The highest BCUT2D eigenvalue weighted by molar-refractivity contribution is 6.03. The molecule has 0 fully saturated rings. The maximum Gasteiger partial charge on any atom is 0.339 e. The molecule has 20 heavy (non-hydrogen) atoms. The fourth-order valence-corrected chi connectivity index (χ4v) is 1.37. The van der Waals surface area contributed by atoms with Crippen molar-refractivity contribution in [2.24, 2.45) is 0 Å². The summed E-state index contributed by atoms with van der Waals surface area (Å²) in [6.07, 6.45) is 0.168. The molecule has 1 aromatic carbocycles. The summed E-state index contributed by atoms with van der Waals surface area (Å²) in [4.78, 5) is 23.6. The zero-order chi connectivity index (χ0) is 14.8. The third-order valence-electron chi connectivity index (χ3n) is 2.26. The molecule has 1 rings (SSSR count). The van der Waals surface area contributed by atoms with Crippen LogP contribution in [0, 0.1) is 22.7 Å². The van der Waals surface area contributed by atoms with Crippen LogP contribution in [0.2, 0.25) is 0 Å². The fraction of sp³-hybridized carbons (Fsp3) is 0.286. The van der Waals surface area contributed by atoms with Gasteiger partial charge in [-0.25, -0.2) is 9.59 Å². The van der Waals surface area contributed by atoms with Crippen molar-refractivity contribution in [1.82, 2.24) is 0 Å². The highest BCUT2D eigenvalue weighted by atomic mass is 16.5. The number of ether oxygens (including phenoxy) is 2. The first-order valence-electron chi connectivity index (χ1n) is 5.88. The number of esters is 2. The number of nitrogens with zero attached hydrogens (tertiary/aromatic N) is 2. The van der Waals surface area contributed by atoms with Crippen LogP contribution in [0.5, 0.6) is 0 Å². The van der Waals surface area contributed by atoms with E-state index in [0.29, 0.717) is 0 Å². The van der Waals surface area contributed by atoms with Crippen LogP contribution in [0.4, 0.5) is 0 Å². The molecule has 0 aliphatic rings. The van der Waals surface area contributed by atoms with Gasteiger partial charge in [0.05, 0.1) is 36.1 Å². The highest BCUT2D eigenvalue weighted by Crippen LogP contribution is 2.12. The minimum Gasteiger partial charge on any atom is -0.461 e. The predicted octanol–water partition coefficient (Wildman–Crippen LogP) is 1.83. The Hall–Kier alpha value is -2.86. The van der Waals surface area contributed by atoms with Gasteiger partial charge in [0.2, 0.25) is 0 Å². The normalized spacial score (nSPS) is 9.10. The van der Waals surface area contributed by atoms with Gasteiger partial charge in [0, 0.05) is 0 Å². The van der Waals surface area contributed by atoms with Gasteiger partial charge >= 0.3 is 11.9 Å². The van der Waals surface area contributed by atoms with Crippen molar-refractivity contribution in [2.75, 3.05) is 13.2 Å². The third-order valence-corrected chi connectivity index (χ3v) is 2.26. The first-order chi connectivity index (χ1) is 9.70. The summed E-state index contributed by atoms with van der Waals surface area (Å²) in [5.74, 6) is -1.37. The molecule has 0 aliphatic carbocycles. The highest BCUT2D eigenvalue weighted by Gasteiger charge is 2.18. The molecule has 0 heterocycles. The summed E-state index contributed by atoms with van der Waals surface area (Å²) >= 11 is 0. The van der Waals surface area contributed by atoms with Gasteiger partial charge in [-0.05, 0) is 12.1 Å². The van der Waals surface area contributed by atoms with Crippen LogP contribution in [0.1, 0.15) is 33.6 Å². The molecule has 1 aromatic rings. The Balaban J connectivity index is 2.77. The van der Waals surface area contributed by atoms with E-state index in [1.807, 2.05) is 12.1 Å². The maximum absolute atomic E-state index is 11.8. The number of hydrogen-bond acceptors (Lipinski definition) is 6. The summed E-state index contributed by atoms with van der Waals surface area (Å²) < 4.78 is 9.73. The summed E-state index contributed by atoms with van der Waals surface area (Å²) in [6.45, 7) is -0.0692. The topological polar surface area (TPSA) is 100 Å². The van der Waals surface area contributed by atoms with E-state index in [2.05, 4.69) is 0 Å². The summed E-state index contributed by atoms with van der Waals surface area (Å²) in [6, 6.07) is 9.75. The molecule has 0 spiro atoms. The van der Waals surface area contributed by atoms with Crippen molar-refractivity contribution >= 4 is 11.9 Å². The van der Waals surface area contributed by atoms with Crippen molar-refractivity contribution in [3.63, 3.8) is 0 Å². The van der Waals surface area contributed by atoms with Crippen molar-refractivity contribution in [1.29, 1.82) is 10.5 Å². The number of nitriles is 2. The van der Waals surface area contributed by atoms with Crippen LogP contribution in [0.25, 0.3) is 0 Å². The Morgan fingerprint density at radius 2 is 1.30 bits per heavy atom. The molecule has 0 saturated heterocycles. The Kier molecular flexibility index (Phi) is 6.29. The number of rotatable bonds is 6. The lowest BCUT2D eigenvalue weighted by Gasteiger charge is -2.08. The van der Waals surface area contributed by atoms with Crippen LogP contribution in [0.3, 0.4) is 0 Å². The van der Waals surface area contributed by atoms with E-state index in [-0.39, 0.29) is 37.2 Å². The van der Waals surface area contributed by atoms with Crippen molar-refractivity contribution in [3.8, 4) is 12.1 Å². The SMILES string of the molecule is N#CCCOC(=O)c1ccccc1C(=O)OCCC#N. The number of benzene rings is 1. The van der Waals surface area contributed by atoms with Gasteiger partial charge in [-0.2, -0.15) is 10.5 Å². The fourth-order valence-electron chi connectivity index (χ4n) is 1.37.